The molecule has 0 N–H and O–H groups in total. The van der Waals surface area contributed by atoms with E-state index < -0.39 is 23.6 Å². The van der Waals surface area contributed by atoms with Gasteiger partial charge in [0.25, 0.3) is 0 Å². The SMILES string of the molecule is COC(=O)c1cc(C(=CCC[C@H]2CC[C@@]3(C)[C@@H](CC[C@H]4[C@@H]3CC[C@]3(C)[C@@H](C(C)CCCC(C)C)CC[C@@H]43)C2)c2cc(F)c(OC)c(C(=O)OC)c2)cc(F)c1OC. The van der Waals surface area contributed by atoms with E-state index in [1.165, 1.54) is 130 Å². The van der Waals surface area contributed by atoms with Crippen molar-refractivity contribution >= 4 is 17.5 Å². The number of allylic oxidation sites excluding steroid dienone is 1. The van der Waals surface area contributed by atoms with Crippen molar-refractivity contribution < 1.29 is 37.3 Å². The van der Waals surface area contributed by atoms with Crippen LogP contribution in [0.5, 0.6) is 11.5 Å². The number of esters is 2. The second kappa shape index (κ2) is 17.8. The Kier molecular flexibility index (Phi) is 13.5. The van der Waals surface area contributed by atoms with Crippen molar-refractivity contribution in [3.05, 3.63) is 64.2 Å². The van der Waals surface area contributed by atoms with Crippen molar-refractivity contribution in [1.29, 1.82) is 0 Å². The van der Waals surface area contributed by atoms with E-state index in [0.29, 0.717) is 45.8 Å². The summed E-state index contributed by atoms with van der Waals surface area (Å²) in [4.78, 5) is 25.5. The Hall–Kier alpha value is -3.42. The number of halogens is 2. The van der Waals surface area contributed by atoms with E-state index in [9.17, 15) is 9.59 Å². The van der Waals surface area contributed by atoms with Gasteiger partial charge in [-0.05, 0) is 170 Å². The fourth-order valence-corrected chi connectivity index (χ4v) is 12.9. The third-order valence-electron chi connectivity index (χ3n) is 15.8. The summed E-state index contributed by atoms with van der Waals surface area (Å²) in [5, 5.41) is 0. The van der Waals surface area contributed by atoms with Gasteiger partial charge in [0, 0.05) is 0 Å². The van der Waals surface area contributed by atoms with Crippen LogP contribution in [0.1, 0.15) is 156 Å². The summed E-state index contributed by atoms with van der Waals surface area (Å²) in [6.45, 7) is 12.6. The van der Waals surface area contributed by atoms with Gasteiger partial charge < -0.3 is 18.9 Å². The molecular weight excluding hydrogens is 723 g/mol. The Morgan fingerprint density at radius 1 is 0.754 bits per heavy atom. The van der Waals surface area contributed by atoms with Gasteiger partial charge in [-0.2, -0.15) is 0 Å². The Morgan fingerprint density at radius 2 is 1.33 bits per heavy atom. The minimum atomic E-state index is -0.759. The number of hydrogen-bond donors (Lipinski definition) is 0. The molecule has 0 radical (unpaired) electrons. The largest absolute Gasteiger partial charge is 0.493 e. The molecule has 0 spiro atoms. The Morgan fingerprint density at radius 3 is 1.89 bits per heavy atom. The monoisotopic (exact) mass is 790 g/mol. The Balaban J connectivity index is 1.20. The normalized spacial score (nSPS) is 29.8. The highest BCUT2D eigenvalue weighted by molar-refractivity contribution is 5.96. The molecule has 2 aromatic carbocycles. The van der Waals surface area contributed by atoms with E-state index >= 15 is 8.78 Å². The summed E-state index contributed by atoms with van der Waals surface area (Å²) in [6, 6.07) is 5.55. The van der Waals surface area contributed by atoms with Crippen molar-refractivity contribution in [2.75, 3.05) is 28.4 Å². The van der Waals surface area contributed by atoms with Gasteiger partial charge in [0.05, 0.1) is 28.4 Å². The van der Waals surface area contributed by atoms with Gasteiger partial charge in [0.15, 0.2) is 23.1 Å². The van der Waals surface area contributed by atoms with Gasteiger partial charge in [-0.15, -0.1) is 0 Å². The molecule has 0 heterocycles. The standard InChI is InChI=1S/C49H68F2O6/c1-29(2)12-10-13-30(3)39-18-19-40-36-17-16-34-24-31(20-22-48(34,4)41(36)21-23-49(39,40)5)14-11-15-35(32-25-37(46(52)56-8)44(54-6)42(50)27-32)33-26-38(47(53)57-9)45(55-7)43(51)28-33/h15,25-31,34,36,39-41H,10-14,16-24H2,1-9H3/t30?,31-,34-,36+,39+,40-,41-,48-,49+/m0/s1. The summed E-state index contributed by atoms with van der Waals surface area (Å²) < 4.78 is 51.5. The first-order valence-electron chi connectivity index (χ1n) is 21.8. The number of carbonyl (C=O) groups excluding carboxylic acids is 2. The molecule has 0 aliphatic heterocycles. The first-order valence-corrected chi connectivity index (χ1v) is 21.8. The number of carbonyl (C=O) groups is 2. The summed E-state index contributed by atoms with van der Waals surface area (Å²) in [5.41, 5.74) is 1.88. The zero-order chi connectivity index (χ0) is 41.2. The average Bonchev–Trinajstić information content (AvgIpc) is 3.55. The number of methoxy groups -OCH3 is 4. The number of rotatable bonds is 14. The molecule has 4 fully saturated rings. The van der Waals surface area contributed by atoms with Crippen LogP contribution in [0.3, 0.4) is 0 Å². The van der Waals surface area contributed by atoms with Crippen LogP contribution in [-0.2, 0) is 9.47 Å². The number of hydrogen-bond acceptors (Lipinski definition) is 6. The first-order chi connectivity index (χ1) is 27.2. The van der Waals surface area contributed by atoms with Crippen LogP contribution in [0.15, 0.2) is 30.3 Å². The zero-order valence-corrected chi connectivity index (χ0v) is 36.1. The molecule has 6 nitrogen and oxygen atoms in total. The van der Waals surface area contributed by atoms with Crippen LogP contribution in [0, 0.1) is 69.8 Å². The molecule has 4 aliphatic carbocycles. The van der Waals surface area contributed by atoms with E-state index in [-0.39, 0.29) is 22.6 Å². The topological polar surface area (TPSA) is 71.1 Å². The maximum atomic E-state index is 15.6. The minimum Gasteiger partial charge on any atom is -0.493 e. The highest BCUT2D eigenvalue weighted by Crippen LogP contribution is 2.69. The van der Waals surface area contributed by atoms with Crippen LogP contribution in [0.4, 0.5) is 8.78 Å². The molecule has 57 heavy (non-hydrogen) atoms. The summed E-state index contributed by atoms with van der Waals surface area (Å²) in [7, 11) is 5.02. The predicted molar refractivity (Wildman–Crippen MR) is 221 cm³/mol. The highest BCUT2D eigenvalue weighted by Gasteiger charge is 2.60. The van der Waals surface area contributed by atoms with Crippen LogP contribution in [0.2, 0.25) is 0 Å². The van der Waals surface area contributed by atoms with Crippen molar-refractivity contribution in [1.82, 2.24) is 0 Å². The van der Waals surface area contributed by atoms with E-state index in [0.717, 1.165) is 41.9 Å². The number of ether oxygens (including phenoxy) is 4. The lowest BCUT2D eigenvalue weighted by Gasteiger charge is -2.61. The molecule has 4 saturated carbocycles. The van der Waals surface area contributed by atoms with E-state index in [2.05, 4.69) is 34.6 Å². The lowest BCUT2D eigenvalue weighted by Crippen LogP contribution is -2.53. The minimum absolute atomic E-state index is 0.0856. The molecule has 9 atom stereocenters. The summed E-state index contributed by atoms with van der Waals surface area (Å²) in [5.74, 6) is 2.82. The quantitative estimate of drug-likeness (QED) is 0.178. The molecule has 8 heteroatoms. The van der Waals surface area contributed by atoms with Crippen LogP contribution in [0.25, 0.3) is 5.57 Å². The molecule has 4 aliphatic rings. The fraction of sp³-hybridized carbons (Fsp3) is 0.673. The third-order valence-corrected chi connectivity index (χ3v) is 15.8. The second-order valence-electron chi connectivity index (χ2n) is 19.1. The third kappa shape index (κ3) is 8.40. The second-order valence-corrected chi connectivity index (χ2v) is 19.1. The molecule has 2 aromatic rings. The van der Waals surface area contributed by atoms with Crippen LogP contribution < -0.4 is 9.47 Å². The molecule has 0 bridgehead atoms. The van der Waals surface area contributed by atoms with Crippen LogP contribution in [-0.4, -0.2) is 40.4 Å². The smallest absolute Gasteiger partial charge is 0.341 e. The van der Waals surface area contributed by atoms with Crippen molar-refractivity contribution in [2.24, 2.45) is 58.2 Å². The summed E-state index contributed by atoms with van der Waals surface area (Å²) >= 11 is 0. The maximum absolute atomic E-state index is 15.6. The predicted octanol–water partition coefficient (Wildman–Crippen LogP) is 12.5. The maximum Gasteiger partial charge on any atom is 0.341 e. The van der Waals surface area contributed by atoms with E-state index in [4.69, 9.17) is 18.9 Å². The van der Waals surface area contributed by atoms with Gasteiger partial charge >= 0.3 is 11.9 Å². The van der Waals surface area contributed by atoms with Gasteiger partial charge in [-0.1, -0.05) is 60.0 Å². The molecule has 314 valence electrons. The van der Waals surface area contributed by atoms with Crippen molar-refractivity contribution in [3.8, 4) is 11.5 Å². The summed E-state index contributed by atoms with van der Waals surface area (Å²) in [6.07, 6.45) is 19.7. The Bertz CT molecular complexity index is 1730. The molecule has 0 saturated heterocycles. The van der Waals surface area contributed by atoms with E-state index in [1.807, 2.05) is 6.08 Å². The van der Waals surface area contributed by atoms with Gasteiger partial charge in [0.2, 0.25) is 0 Å². The molecule has 6 rings (SSSR count). The van der Waals surface area contributed by atoms with Gasteiger partial charge in [-0.3, -0.25) is 0 Å². The number of fused-ring (bicyclic) bond motifs is 5. The van der Waals surface area contributed by atoms with Crippen LogP contribution >= 0.6 is 0 Å². The van der Waals surface area contributed by atoms with E-state index in [1.54, 1.807) is 0 Å². The lowest BCUT2D eigenvalue weighted by molar-refractivity contribution is -0.121. The molecule has 1 unspecified atom stereocenters. The molecule has 0 aromatic heterocycles. The van der Waals surface area contributed by atoms with Gasteiger partial charge in [-0.25, -0.2) is 18.4 Å². The lowest BCUT2D eigenvalue weighted by atomic mass is 9.44. The van der Waals surface area contributed by atoms with Gasteiger partial charge in [0.1, 0.15) is 11.1 Å². The number of benzene rings is 2. The fourth-order valence-electron chi connectivity index (χ4n) is 12.9. The molecular formula is C49H68F2O6. The first kappa shape index (κ1) is 43.2. The Labute approximate surface area is 340 Å². The highest BCUT2D eigenvalue weighted by atomic mass is 19.1. The zero-order valence-electron chi connectivity index (χ0n) is 36.1. The average molecular weight is 791 g/mol. The molecule has 0 amide bonds. The van der Waals surface area contributed by atoms with Crippen molar-refractivity contribution in [2.45, 2.75) is 125 Å². The van der Waals surface area contributed by atoms with Crippen molar-refractivity contribution in [3.63, 3.8) is 0 Å².